The SMILES string of the molecule is COC(=O)c1csc(-n2nc(-c3ccccc3OC)cc2C(F)(F)F)n1. The highest BCUT2D eigenvalue weighted by atomic mass is 32.1. The van der Waals surface area contributed by atoms with Crippen LogP contribution in [0.15, 0.2) is 35.7 Å². The lowest BCUT2D eigenvalue weighted by Crippen LogP contribution is -2.13. The van der Waals surface area contributed by atoms with Crippen molar-refractivity contribution < 1.29 is 27.4 Å². The Morgan fingerprint density at radius 2 is 1.96 bits per heavy atom. The van der Waals surface area contributed by atoms with Gasteiger partial charge < -0.3 is 9.47 Å². The average Bonchev–Trinajstić information content (AvgIpc) is 3.27. The number of benzene rings is 1. The monoisotopic (exact) mass is 383 g/mol. The van der Waals surface area contributed by atoms with E-state index >= 15 is 0 Å². The number of carbonyl (C=O) groups is 1. The minimum Gasteiger partial charge on any atom is -0.496 e. The van der Waals surface area contributed by atoms with Crippen LogP contribution < -0.4 is 4.74 Å². The van der Waals surface area contributed by atoms with Gasteiger partial charge in [0.2, 0.25) is 5.13 Å². The second-order valence-corrected chi connectivity index (χ2v) is 5.87. The predicted molar refractivity (Wildman–Crippen MR) is 87.6 cm³/mol. The lowest BCUT2D eigenvalue weighted by molar-refractivity contribution is -0.142. The van der Waals surface area contributed by atoms with Crippen LogP contribution in [0.2, 0.25) is 0 Å². The van der Waals surface area contributed by atoms with Gasteiger partial charge in [0, 0.05) is 10.9 Å². The normalized spacial score (nSPS) is 11.4. The molecule has 6 nitrogen and oxygen atoms in total. The number of hydrogen-bond acceptors (Lipinski definition) is 6. The summed E-state index contributed by atoms with van der Waals surface area (Å²) in [4.78, 5) is 15.4. The van der Waals surface area contributed by atoms with Gasteiger partial charge >= 0.3 is 12.1 Å². The molecule has 26 heavy (non-hydrogen) atoms. The molecular weight excluding hydrogens is 371 g/mol. The summed E-state index contributed by atoms with van der Waals surface area (Å²) in [5, 5.41) is 5.25. The molecule has 2 aromatic heterocycles. The standard InChI is InChI=1S/C16H12F3N3O3S/c1-24-12-6-4-3-5-9(12)10-7-13(16(17,18)19)22(21-10)15-20-11(8-26-15)14(23)25-2/h3-8H,1-2H3. The van der Waals surface area contributed by atoms with Gasteiger partial charge in [0.15, 0.2) is 11.4 Å². The molecule has 0 saturated carbocycles. The third-order valence-electron chi connectivity index (χ3n) is 3.45. The van der Waals surface area contributed by atoms with E-state index in [4.69, 9.17) is 4.74 Å². The molecule has 136 valence electrons. The number of aromatic nitrogens is 3. The summed E-state index contributed by atoms with van der Waals surface area (Å²) in [6.07, 6.45) is -4.66. The molecule has 0 aliphatic carbocycles. The highest BCUT2D eigenvalue weighted by Crippen LogP contribution is 2.36. The topological polar surface area (TPSA) is 66.2 Å². The summed E-state index contributed by atoms with van der Waals surface area (Å²) >= 11 is 0.852. The predicted octanol–water partition coefficient (Wildman–Crippen LogP) is 3.81. The summed E-state index contributed by atoms with van der Waals surface area (Å²) in [5.74, 6) is -0.349. The van der Waals surface area contributed by atoms with Crippen molar-refractivity contribution in [2.24, 2.45) is 0 Å². The molecule has 1 aromatic carbocycles. The maximum absolute atomic E-state index is 13.5. The van der Waals surface area contributed by atoms with Crippen molar-refractivity contribution in [1.29, 1.82) is 0 Å². The molecule has 0 spiro atoms. The van der Waals surface area contributed by atoms with Crippen LogP contribution in [0.4, 0.5) is 13.2 Å². The van der Waals surface area contributed by atoms with E-state index in [1.54, 1.807) is 24.3 Å². The first-order valence-corrected chi connectivity index (χ1v) is 8.08. The largest absolute Gasteiger partial charge is 0.496 e. The zero-order chi connectivity index (χ0) is 18.9. The number of carbonyl (C=O) groups excluding carboxylic acids is 1. The van der Waals surface area contributed by atoms with Gasteiger partial charge in [-0.25, -0.2) is 14.5 Å². The molecule has 10 heteroatoms. The second kappa shape index (κ2) is 6.79. The summed E-state index contributed by atoms with van der Waals surface area (Å²) < 4.78 is 50.8. The van der Waals surface area contributed by atoms with Gasteiger partial charge in [-0.1, -0.05) is 12.1 Å². The molecular formula is C16H12F3N3O3S. The number of esters is 1. The van der Waals surface area contributed by atoms with Crippen molar-refractivity contribution >= 4 is 17.3 Å². The first kappa shape index (κ1) is 17.9. The Balaban J connectivity index is 2.15. The van der Waals surface area contributed by atoms with Crippen LogP contribution in [0, 0.1) is 0 Å². The number of para-hydroxylation sites is 1. The molecule has 0 aliphatic rings. The van der Waals surface area contributed by atoms with E-state index in [9.17, 15) is 18.0 Å². The quantitative estimate of drug-likeness (QED) is 0.641. The molecule has 0 N–H and O–H groups in total. The summed E-state index contributed by atoms with van der Waals surface area (Å²) in [6, 6.07) is 7.52. The Hall–Kier alpha value is -2.88. The molecule has 0 bridgehead atoms. The number of alkyl halides is 3. The molecule has 3 aromatic rings. The Labute approximate surface area is 149 Å². The zero-order valence-corrected chi connectivity index (χ0v) is 14.4. The van der Waals surface area contributed by atoms with Crippen molar-refractivity contribution in [2.45, 2.75) is 6.18 Å². The van der Waals surface area contributed by atoms with Crippen LogP contribution in [0.3, 0.4) is 0 Å². The molecule has 0 amide bonds. The van der Waals surface area contributed by atoms with Gasteiger partial charge in [-0.15, -0.1) is 11.3 Å². The van der Waals surface area contributed by atoms with Gasteiger partial charge in [0.05, 0.1) is 19.9 Å². The highest BCUT2D eigenvalue weighted by molar-refractivity contribution is 7.12. The molecule has 0 aliphatic heterocycles. The first-order chi connectivity index (χ1) is 12.3. The summed E-state index contributed by atoms with van der Waals surface area (Å²) in [7, 11) is 2.58. The van der Waals surface area contributed by atoms with Crippen LogP contribution in [0.25, 0.3) is 16.4 Å². The van der Waals surface area contributed by atoms with E-state index in [1.807, 2.05) is 0 Å². The summed E-state index contributed by atoms with van der Waals surface area (Å²) in [5.41, 5.74) is -0.618. The van der Waals surface area contributed by atoms with Crippen molar-refractivity contribution in [3.8, 4) is 22.1 Å². The number of halogens is 3. The average molecular weight is 383 g/mol. The molecule has 0 atom stereocenters. The van der Waals surface area contributed by atoms with Crippen LogP contribution in [0.1, 0.15) is 16.2 Å². The number of thiazole rings is 1. The van der Waals surface area contributed by atoms with Crippen LogP contribution >= 0.6 is 11.3 Å². The Kier molecular flexibility index (Phi) is 4.68. The van der Waals surface area contributed by atoms with Gasteiger partial charge in [0.25, 0.3) is 0 Å². The molecule has 0 fully saturated rings. The van der Waals surface area contributed by atoms with Crippen LogP contribution in [-0.4, -0.2) is 35.0 Å². The summed E-state index contributed by atoms with van der Waals surface area (Å²) in [6.45, 7) is 0. The number of hydrogen-bond donors (Lipinski definition) is 0. The van der Waals surface area contributed by atoms with Gasteiger partial charge in [-0.3, -0.25) is 0 Å². The molecule has 2 heterocycles. The van der Waals surface area contributed by atoms with E-state index in [1.165, 1.54) is 12.5 Å². The number of ether oxygens (including phenoxy) is 2. The highest BCUT2D eigenvalue weighted by Gasteiger charge is 2.37. The smallest absolute Gasteiger partial charge is 0.433 e. The first-order valence-electron chi connectivity index (χ1n) is 7.20. The van der Waals surface area contributed by atoms with Gasteiger partial charge in [-0.2, -0.15) is 18.3 Å². The lowest BCUT2D eigenvalue weighted by atomic mass is 10.1. The molecule has 0 unspecified atom stereocenters. The van der Waals surface area contributed by atoms with Crippen LogP contribution in [-0.2, 0) is 10.9 Å². The van der Waals surface area contributed by atoms with Crippen molar-refractivity contribution in [2.75, 3.05) is 14.2 Å². The van der Waals surface area contributed by atoms with Crippen molar-refractivity contribution in [1.82, 2.24) is 14.8 Å². The van der Waals surface area contributed by atoms with E-state index in [0.29, 0.717) is 16.0 Å². The van der Waals surface area contributed by atoms with Crippen molar-refractivity contribution in [3.05, 3.63) is 47.1 Å². The maximum atomic E-state index is 13.5. The van der Waals surface area contributed by atoms with E-state index < -0.39 is 17.8 Å². The van der Waals surface area contributed by atoms with Crippen LogP contribution in [0.5, 0.6) is 5.75 Å². The molecule has 3 rings (SSSR count). The van der Waals surface area contributed by atoms with E-state index in [2.05, 4.69) is 14.8 Å². The molecule has 0 radical (unpaired) electrons. The third-order valence-corrected chi connectivity index (χ3v) is 4.27. The van der Waals surface area contributed by atoms with Gasteiger partial charge in [-0.05, 0) is 18.2 Å². The van der Waals surface area contributed by atoms with E-state index in [-0.39, 0.29) is 16.5 Å². The molecule has 0 saturated heterocycles. The Bertz CT molecular complexity index is 950. The number of rotatable bonds is 4. The number of methoxy groups -OCH3 is 2. The fourth-order valence-corrected chi connectivity index (χ4v) is 3.03. The second-order valence-electron chi connectivity index (χ2n) is 5.03. The Morgan fingerprint density at radius 1 is 1.23 bits per heavy atom. The minimum absolute atomic E-state index is 0.0737. The fourth-order valence-electron chi connectivity index (χ4n) is 2.28. The third kappa shape index (κ3) is 3.27. The maximum Gasteiger partial charge on any atom is 0.433 e. The lowest BCUT2D eigenvalue weighted by Gasteiger charge is -2.06. The van der Waals surface area contributed by atoms with Crippen molar-refractivity contribution in [3.63, 3.8) is 0 Å². The minimum atomic E-state index is -4.66. The number of nitrogens with zero attached hydrogens (tertiary/aromatic N) is 3. The van der Waals surface area contributed by atoms with Gasteiger partial charge in [0.1, 0.15) is 5.75 Å². The zero-order valence-electron chi connectivity index (χ0n) is 13.6. The Morgan fingerprint density at radius 3 is 2.62 bits per heavy atom. The van der Waals surface area contributed by atoms with E-state index in [0.717, 1.165) is 24.5 Å². The fraction of sp³-hybridized carbons (Fsp3) is 0.188.